The topological polar surface area (TPSA) is 103 Å². The van der Waals surface area contributed by atoms with E-state index in [0.717, 1.165) is 55.1 Å². The molecule has 8 heteroatoms. The lowest BCUT2D eigenvalue weighted by atomic mass is 9.83. The van der Waals surface area contributed by atoms with Gasteiger partial charge in [0.05, 0.1) is 25.0 Å². The average Bonchev–Trinajstić information content (AvgIpc) is 2.87. The summed E-state index contributed by atoms with van der Waals surface area (Å²) in [5, 5.41) is 14.4. The zero-order valence-corrected chi connectivity index (χ0v) is 19.5. The van der Waals surface area contributed by atoms with Crippen molar-refractivity contribution in [1.29, 1.82) is 5.26 Å². The number of amides is 1. The fraction of sp³-hybridized carbons (Fsp3) is 0.333. The molecule has 2 fully saturated rings. The number of anilines is 3. The molecule has 3 heterocycles. The average molecular weight is 469 g/mol. The molecule has 0 saturated carbocycles. The molecule has 0 bridgehead atoms. The van der Waals surface area contributed by atoms with Crippen LogP contribution in [0.1, 0.15) is 23.2 Å². The Balaban J connectivity index is 1.19. The molecule has 0 unspecified atom stereocenters. The van der Waals surface area contributed by atoms with Gasteiger partial charge in [-0.1, -0.05) is 12.1 Å². The van der Waals surface area contributed by atoms with Crippen LogP contribution in [0.2, 0.25) is 0 Å². The van der Waals surface area contributed by atoms with Gasteiger partial charge in [0, 0.05) is 47.7 Å². The van der Waals surface area contributed by atoms with Crippen LogP contribution in [-0.4, -0.2) is 48.7 Å². The van der Waals surface area contributed by atoms with E-state index >= 15 is 0 Å². The van der Waals surface area contributed by atoms with Gasteiger partial charge in [0.25, 0.3) is 5.91 Å². The predicted molar refractivity (Wildman–Crippen MR) is 134 cm³/mol. The Bertz CT molecular complexity index is 1190. The van der Waals surface area contributed by atoms with E-state index in [2.05, 4.69) is 49.8 Å². The van der Waals surface area contributed by atoms with Crippen LogP contribution >= 0.6 is 0 Å². The number of ether oxygens (including phenoxy) is 1. The summed E-state index contributed by atoms with van der Waals surface area (Å²) >= 11 is 0. The molecule has 2 saturated heterocycles. The molecular weight excluding hydrogens is 440 g/mol. The summed E-state index contributed by atoms with van der Waals surface area (Å²) in [6, 6.07) is 19.3. The minimum atomic E-state index is -0.274. The summed E-state index contributed by atoms with van der Waals surface area (Å²) < 4.78 is 5.36. The SMILES string of the molecule is N#CCNC(=O)c1ccc(-c2ccnc(Nc3ccc(N4CCC(C5COC5)CC4)cc3)n2)cc1. The first-order chi connectivity index (χ1) is 17.2. The Hall–Kier alpha value is -3.96. The molecule has 35 heavy (non-hydrogen) atoms. The maximum absolute atomic E-state index is 12.0. The molecule has 0 aliphatic carbocycles. The number of nitriles is 1. The van der Waals surface area contributed by atoms with Crippen LogP contribution in [0.25, 0.3) is 11.3 Å². The van der Waals surface area contributed by atoms with Crippen LogP contribution in [-0.2, 0) is 4.74 Å². The third kappa shape index (κ3) is 5.42. The van der Waals surface area contributed by atoms with Crippen molar-refractivity contribution < 1.29 is 9.53 Å². The molecule has 0 atom stereocenters. The number of carbonyl (C=O) groups is 1. The second-order valence-electron chi connectivity index (χ2n) is 8.98. The highest BCUT2D eigenvalue weighted by atomic mass is 16.5. The fourth-order valence-electron chi connectivity index (χ4n) is 4.63. The number of aromatic nitrogens is 2. The van der Waals surface area contributed by atoms with Gasteiger partial charge in [0.15, 0.2) is 0 Å². The van der Waals surface area contributed by atoms with E-state index in [1.807, 2.05) is 24.3 Å². The molecule has 2 N–H and O–H groups in total. The van der Waals surface area contributed by atoms with Gasteiger partial charge in [0.2, 0.25) is 5.95 Å². The minimum Gasteiger partial charge on any atom is -0.381 e. The van der Waals surface area contributed by atoms with E-state index in [9.17, 15) is 4.79 Å². The van der Waals surface area contributed by atoms with E-state index in [1.54, 1.807) is 18.3 Å². The van der Waals surface area contributed by atoms with Crippen molar-refractivity contribution in [3.05, 3.63) is 66.4 Å². The fourth-order valence-corrected chi connectivity index (χ4v) is 4.63. The molecule has 3 aromatic rings. The summed E-state index contributed by atoms with van der Waals surface area (Å²) in [5.74, 6) is 1.81. The van der Waals surface area contributed by atoms with Crippen LogP contribution in [0.4, 0.5) is 17.3 Å². The van der Waals surface area contributed by atoms with Gasteiger partial charge in [0.1, 0.15) is 6.54 Å². The Kier molecular flexibility index (Phi) is 6.87. The van der Waals surface area contributed by atoms with E-state index in [4.69, 9.17) is 10.00 Å². The van der Waals surface area contributed by atoms with Crippen molar-refractivity contribution >= 4 is 23.2 Å². The number of piperidine rings is 1. The molecule has 2 aliphatic heterocycles. The molecule has 5 rings (SSSR count). The number of carbonyl (C=O) groups excluding carboxylic acids is 1. The number of rotatable bonds is 7. The highest BCUT2D eigenvalue weighted by Crippen LogP contribution is 2.32. The normalized spacial score (nSPS) is 16.3. The van der Waals surface area contributed by atoms with Crippen molar-refractivity contribution in [2.45, 2.75) is 12.8 Å². The highest BCUT2D eigenvalue weighted by Gasteiger charge is 2.31. The number of nitrogens with zero attached hydrogens (tertiary/aromatic N) is 4. The molecule has 0 radical (unpaired) electrons. The van der Waals surface area contributed by atoms with Crippen molar-refractivity contribution in [3.63, 3.8) is 0 Å². The first-order valence-corrected chi connectivity index (χ1v) is 12.0. The molecule has 1 aromatic heterocycles. The van der Waals surface area contributed by atoms with Gasteiger partial charge in [-0.3, -0.25) is 4.79 Å². The standard InChI is InChI=1S/C27H28N6O2/c28-12-14-29-26(34)21-3-1-20(2-4-21)25-9-13-30-27(32-25)31-23-5-7-24(8-6-23)33-15-10-19(11-16-33)22-17-35-18-22/h1-9,13,19,22H,10-11,14-18H2,(H,29,34)(H,30,31,32). The molecular formula is C27H28N6O2. The van der Waals surface area contributed by atoms with Crippen LogP contribution in [0.15, 0.2) is 60.8 Å². The molecule has 0 spiro atoms. The second-order valence-corrected chi connectivity index (χ2v) is 8.98. The zero-order valence-electron chi connectivity index (χ0n) is 19.5. The lowest BCUT2D eigenvalue weighted by Crippen LogP contribution is -2.42. The minimum absolute atomic E-state index is 0.0166. The van der Waals surface area contributed by atoms with Gasteiger partial charge in [-0.2, -0.15) is 5.26 Å². The third-order valence-electron chi connectivity index (χ3n) is 6.79. The monoisotopic (exact) mass is 468 g/mol. The largest absolute Gasteiger partial charge is 0.381 e. The van der Waals surface area contributed by atoms with E-state index in [1.165, 1.54) is 18.5 Å². The summed E-state index contributed by atoms with van der Waals surface area (Å²) in [6.07, 6.45) is 4.18. The zero-order chi connectivity index (χ0) is 24.0. The Morgan fingerprint density at radius 3 is 2.43 bits per heavy atom. The van der Waals surface area contributed by atoms with Crippen LogP contribution in [0, 0.1) is 23.2 Å². The number of hydrogen-bond acceptors (Lipinski definition) is 7. The number of nitrogens with one attached hydrogen (secondary N) is 2. The van der Waals surface area contributed by atoms with Crippen molar-refractivity contribution in [3.8, 4) is 17.3 Å². The first kappa shape index (κ1) is 22.8. The van der Waals surface area contributed by atoms with Gasteiger partial charge < -0.3 is 20.3 Å². The Morgan fingerprint density at radius 2 is 1.77 bits per heavy atom. The quantitative estimate of drug-likeness (QED) is 0.505. The van der Waals surface area contributed by atoms with Gasteiger partial charge >= 0.3 is 0 Å². The van der Waals surface area contributed by atoms with Crippen molar-refractivity contribution in [2.75, 3.05) is 43.1 Å². The molecule has 1 amide bonds. The summed E-state index contributed by atoms with van der Waals surface area (Å²) in [6.45, 7) is 4.06. The highest BCUT2D eigenvalue weighted by molar-refractivity contribution is 5.94. The van der Waals surface area contributed by atoms with Gasteiger partial charge in [-0.15, -0.1) is 0 Å². The predicted octanol–water partition coefficient (Wildman–Crippen LogP) is 4.00. The van der Waals surface area contributed by atoms with Crippen molar-refractivity contribution in [1.82, 2.24) is 15.3 Å². The lowest BCUT2D eigenvalue weighted by molar-refractivity contribution is -0.0650. The van der Waals surface area contributed by atoms with Crippen LogP contribution < -0.4 is 15.5 Å². The maximum Gasteiger partial charge on any atom is 0.252 e. The van der Waals surface area contributed by atoms with Crippen LogP contribution in [0.3, 0.4) is 0 Å². The summed E-state index contributed by atoms with van der Waals surface area (Å²) in [5.41, 5.74) is 4.30. The first-order valence-electron chi connectivity index (χ1n) is 12.0. The van der Waals surface area contributed by atoms with Crippen molar-refractivity contribution in [2.24, 2.45) is 11.8 Å². The molecule has 2 aliphatic rings. The Morgan fingerprint density at radius 1 is 1.03 bits per heavy atom. The Labute approximate surface area is 205 Å². The smallest absolute Gasteiger partial charge is 0.252 e. The third-order valence-corrected chi connectivity index (χ3v) is 6.79. The molecule has 178 valence electrons. The van der Waals surface area contributed by atoms with E-state index in [-0.39, 0.29) is 12.5 Å². The van der Waals surface area contributed by atoms with Gasteiger partial charge in [-0.05, 0) is 61.2 Å². The molecule has 8 nitrogen and oxygen atoms in total. The number of benzene rings is 2. The summed E-state index contributed by atoms with van der Waals surface area (Å²) in [7, 11) is 0. The van der Waals surface area contributed by atoms with Gasteiger partial charge in [-0.25, -0.2) is 9.97 Å². The maximum atomic E-state index is 12.0. The number of hydrogen-bond donors (Lipinski definition) is 2. The summed E-state index contributed by atoms with van der Waals surface area (Å²) in [4.78, 5) is 23.4. The molecule has 2 aromatic carbocycles. The second kappa shape index (κ2) is 10.5. The van der Waals surface area contributed by atoms with E-state index in [0.29, 0.717) is 11.5 Å². The van der Waals surface area contributed by atoms with E-state index < -0.39 is 0 Å². The van der Waals surface area contributed by atoms with Crippen LogP contribution in [0.5, 0.6) is 0 Å². The lowest BCUT2D eigenvalue weighted by Gasteiger charge is -2.40.